The molecule has 5 aliphatic heterocycles. The van der Waals surface area contributed by atoms with Gasteiger partial charge in [0, 0.05) is 70.4 Å². The molecule has 2 N–H and O–H groups in total. The van der Waals surface area contributed by atoms with Gasteiger partial charge in [-0.05, 0) is 118 Å². The standard InChI is InChI=1S/C45H58ClF3N6O8/c46-36-27-30(26-35(41(36)58)45(47,48)49)28-38(63-44(61)54-22-14-34(15-23-54)55-24-13-33-6-1-2-7-37(33)50-43(55)60)42(59)53-20-11-32(12-21-53)31-9-18-51(19-10-31)29-40(57)62-25-5-17-52-16-4-3-8-39(52)56/h1-2,6-7,26-27,31-32,34,38,58H,3-5,8-25,28-29H2,(H,50,60)/t38-/m1/s1. The number of aromatic hydroxyl groups is 1. The van der Waals surface area contributed by atoms with Crippen LogP contribution in [-0.2, 0) is 42.9 Å². The molecule has 4 saturated heterocycles. The second-order valence-electron chi connectivity index (χ2n) is 17.5. The van der Waals surface area contributed by atoms with Crippen LogP contribution in [0.2, 0.25) is 5.02 Å². The van der Waals surface area contributed by atoms with E-state index in [1.807, 2.05) is 29.2 Å². The Morgan fingerprint density at radius 3 is 2.24 bits per heavy atom. The predicted octanol–water partition coefficient (Wildman–Crippen LogP) is 6.56. The van der Waals surface area contributed by atoms with Gasteiger partial charge < -0.3 is 39.5 Å². The third-order valence-corrected chi connectivity index (χ3v) is 13.7. The Labute approximate surface area is 370 Å². The normalized spacial score (nSPS) is 20.5. The fourth-order valence-electron chi connectivity index (χ4n) is 9.82. The van der Waals surface area contributed by atoms with Gasteiger partial charge in [0.05, 0.1) is 23.7 Å². The van der Waals surface area contributed by atoms with Gasteiger partial charge in [-0.15, -0.1) is 0 Å². The predicted molar refractivity (Wildman–Crippen MR) is 227 cm³/mol. The van der Waals surface area contributed by atoms with Crippen LogP contribution in [0, 0.1) is 11.8 Å². The van der Waals surface area contributed by atoms with E-state index in [1.165, 1.54) is 4.90 Å². The number of para-hydroxylation sites is 1. The van der Waals surface area contributed by atoms with Crippen molar-refractivity contribution in [1.82, 2.24) is 24.5 Å². The number of rotatable bonds is 12. The highest BCUT2D eigenvalue weighted by Gasteiger charge is 2.39. The zero-order valence-electron chi connectivity index (χ0n) is 35.6. The van der Waals surface area contributed by atoms with Crippen LogP contribution in [0.1, 0.15) is 80.9 Å². The molecule has 18 heteroatoms. The van der Waals surface area contributed by atoms with Crippen LogP contribution in [0.25, 0.3) is 0 Å². The van der Waals surface area contributed by atoms with Crippen LogP contribution in [0.5, 0.6) is 5.75 Å². The van der Waals surface area contributed by atoms with Crippen molar-refractivity contribution >= 4 is 47.2 Å². The van der Waals surface area contributed by atoms with Crippen molar-refractivity contribution in [1.29, 1.82) is 0 Å². The number of amides is 5. The highest BCUT2D eigenvalue weighted by Crippen LogP contribution is 2.41. The van der Waals surface area contributed by atoms with E-state index >= 15 is 0 Å². The Bertz CT molecular complexity index is 1970. The Morgan fingerprint density at radius 2 is 1.54 bits per heavy atom. The quantitative estimate of drug-likeness (QED) is 0.178. The summed E-state index contributed by atoms with van der Waals surface area (Å²) in [6.45, 7) is 5.10. The molecular weight excluding hydrogens is 845 g/mol. The third kappa shape index (κ3) is 11.9. The summed E-state index contributed by atoms with van der Waals surface area (Å²) in [5, 5.41) is 12.5. The second-order valence-corrected chi connectivity index (χ2v) is 17.9. The van der Waals surface area contributed by atoms with Crippen LogP contribution < -0.4 is 5.32 Å². The second kappa shape index (κ2) is 20.8. The van der Waals surface area contributed by atoms with E-state index in [0.29, 0.717) is 83.0 Å². The minimum absolute atomic E-state index is 0.0253. The van der Waals surface area contributed by atoms with Crippen LogP contribution >= 0.6 is 11.6 Å². The number of phenolic OH excluding ortho intramolecular Hbond substituents is 1. The number of anilines is 1. The van der Waals surface area contributed by atoms with Crippen LogP contribution in [0.15, 0.2) is 36.4 Å². The van der Waals surface area contributed by atoms with E-state index < -0.39 is 47.0 Å². The van der Waals surface area contributed by atoms with Crippen molar-refractivity contribution in [3.05, 3.63) is 58.1 Å². The minimum atomic E-state index is -4.92. The molecule has 0 spiro atoms. The van der Waals surface area contributed by atoms with Crippen LogP contribution in [0.4, 0.5) is 28.4 Å². The lowest BCUT2D eigenvalue weighted by Crippen LogP contribution is -2.52. The van der Waals surface area contributed by atoms with E-state index in [1.54, 1.807) is 9.80 Å². The van der Waals surface area contributed by atoms with Gasteiger partial charge in [-0.2, -0.15) is 13.2 Å². The summed E-state index contributed by atoms with van der Waals surface area (Å²) in [6.07, 6.45) is 0.385. The molecule has 5 amide bonds. The highest BCUT2D eigenvalue weighted by atomic mass is 35.5. The van der Waals surface area contributed by atoms with Gasteiger partial charge in [-0.25, -0.2) is 9.59 Å². The fourth-order valence-corrected chi connectivity index (χ4v) is 10.1. The topological polar surface area (TPSA) is 152 Å². The lowest BCUT2D eigenvalue weighted by Gasteiger charge is -2.41. The number of piperidine rings is 4. The first-order chi connectivity index (χ1) is 30.2. The molecule has 2 aromatic carbocycles. The van der Waals surface area contributed by atoms with Gasteiger partial charge in [0.15, 0.2) is 6.10 Å². The number of nitrogens with zero attached hydrogens (tertiary/aromatic N) is 5. The van der Waals surface area contributed by atoms with Crippen LogP contribution in [-0.4, -0.2) is 144 Å². The molecule has 344 valence electrons. The molecule has 5 aliphatic rings. The van der Waals surface area contributed by atoms with E-state index in [-0.39, 0.29) is 55.8 Å². The first-order valence-electron chi connectivity index (χ1n) is 22.4. The van der Waals surface area contributed by atoms with Crippen molar-refractivity contribution < 1.29 is 51.7 Å². The molecule has 4 fully saturated rings. The number of carbonyl (C=O) groups is 5. The summed E-state index contributed by atoms with van der Waals surface area (Å²) in [5.74, 6) is -1.03. The molecule has 0 radical (unpaired) electrons. The number of halogens is 4. The van der Waals surface area contributed by atoms with Crippen molar-refractivity contribution in [3.8, 4) is 5.75 Å². The van der Waals surface area contributed by atoms with Crippen molar-refractivity contribution in [2.45, 2.75) is 95.4 Å². The van der Waals surface area contributed by atoms with Gasteiger partial charge in [0.25, 0.3) is 5.91 Å². The Balaban J connectivity index is 0.909. The third-order valence-electron chi connectivity index (χ3n) is 13.4. The number of phenols is 1. The first-order valence-corrected chi connectivity index (χ1v) is 22.8. The highest BCUT2D eigenvalue weighted by molar-refractivity contribution is 6.32. The van der Waals surface area contributed by atoms with Gasteiger partial charge >= 0.3 is 24.3 Å². The number of ether oxygens (including phenoxy) is 2. The van der Waals surface area contributed by atoms with E-state index in [2.05, 4.69) is 10.2 Å². The molecule has 63 heavy (non-hydrogen) atoms. The Hall–Kier alpha value is -4.77. The lowest BCUT2D eigenvalue weighted by atomic mass is 9.78. The van der Waals surface area contributed by atoms with Crippen molar-refractivity contribution in [3.63, 3.8) is 0 Å². The fraction of sp³-hybridized carbons (Fsp3) is 0.622. The lowest BCUT2D eigenvalue weighted by molar-refractivity contribution is -0.145. The molecule has 0 unspecified atom stereocenters. The van der Waals surface area contributed by atoms with Crippen LogP contribution in [0.3, 0.4) is 0 Å². The molecule has 0 aliphatic carbocycles. The number of likely N-dealkylation sites (tertiary alicyclic amines) is 4. The van der Waals surface area contributed by atoms with Crippen molar-refractivity contribution in [2.24, 2.45) is 11.8 Å². The Kier molecular flexibility index (Phi) is 15.3. The molecule has 2 aromatic rings. The number of carbonyl (C=O) groups excluding carboxylic acids is 5. The van der Waals surface area contributed by atoms with Gasteiger partial charge in [-0.3, -0.25) is 19.3 Å². The maximum atomic E-state index is 14.2. The van der Waals surface area contributed by atoms with E-state index in [0.717, 1.165) is 68.7 Å². The zero-order chi connectivity index (χ0) is 44.7. The number of urea groups is 1. The molecule has 0 aromatic heterocycles. The molecule has 7 rings (SSSR count). The summed E-state index contributed by atoms with van der Waals surface area (Å²) >= 11 is 6.04. The van der Waals surface area contributed by atoms with Gasteiger partial charge in [0.1, 0.15) is 5.75 Å². The molecule has 0 saturated carbocycles. The summed E-state index contributed by atoms with van der Waals surface area (Å²) in [4.78, 5) is 74.4. The number of esters is 1. The number of hydrogen-bond donors (Lipinski definition) is 2. The van der Waals surface area contributed by atoms with Crippen molar-refractivity contribution in [2.75, 3.05) is 77.4 Å². The zero-order valence-corrected chi connectivity index (χ0v) is 36.3. The maximum Gasteiger partial charge on any atom is 0.420 e. The molecule has 5 heterocycles. The minimum Gasteiger partial charge on any atom is -0.506 e. The summed E-state index contributed by atoms with van der Waals surface area (Å²) < 4.78 is 53.0. The smallest absolute Gasteiger partial charge is 0.420 e. The average Bonchev–Trinajstić information content (AvgIpc) is 3.44. The number of alkyl halides is 3. The van der Waals surface area contributed by atoms with Gasteiger partial charge in [-0.1, -0.05) is 29.8 Å². The largest absolute Gasteiger partial charge is 0.506 e. The number of hydrogen-bond acceptors (Lipinski definition) is 9. The summed E-state index contributed by atoms with van der Waals surface area (Å²) in [7, 11) is 0. The van der Waals surface area contributed by atoms with E-state index in [9.17, 15) is 42.3 Å². The number of benzene rings is 2. The monoisotopic (exact) mass is 902 g/mol. The van der Waals surface area contributed by atoms with E-state index in [4.69, 9.17) is 21.1 Å². The summed E-state index contributed by atoms with van der Waals surface area (Å²) in [6, 6.07) is 9.17. The molecule has 14 nitrogen and oxygen atoms in total. The molecular formula is C45H58ClF3N6O8. The number of fused-ring (bicyclic) bond motifs is 1. The Morgan fingerprint density at radius 1 is 0.857 bits per heavy atom. The molecule has 0 bridgehead atoms. The first kappa shape index (κ1) is 46.2. The SMILES string of the molecule is O=C(CN1CCC(C2CCN(C(=O)[C@@H](Cc3cc(Cl)c(O)c(C(F)(F)F)c3)OC(=O)N3CCC(N4CCc5ccccc5NC4=O)CC3)CC2)CC1)OCCCN1CCCCC1=O. The average molecular weight is 903 g/mol. The molecule has 1 atom stereocenters. The summed E-state index contributed by atoms with van der Waals surface area (Å²) in [5.41, 5.74) is 0.439. The maximum absolute atomic E-state index is 14.2. The number of nitrogens with one attached hydrogen (secondary N) is 1. The van der Waals surface area contributed by atoms with Gasteiger partial charge in [0.2, 0.25) is 5.91 Å².